The van der Waals surface area contributed by atoms with E-state index in [9.17, 15) is 33.3 Å². The van der Waals surface area contributed by atoms with Crippen molar-refractivity contribution >= 4 is 39.7 Å². The summed E-state index contributed by atoms with van der Waals surface area (Å²) in [6.07, 6.45) is -1.49. The van der Waals surface area contributed by atoms with E-state index in [1.807, 2.05) is 60.0 Å². The van der Waals surface area contributed by atoms with Crippen LogP contribution in [0.25, 0.3) is 10.8 Å². The molecule has 5 aliphatic rings. The lowest BCUT2D eigenvalue weighted by Gasteiger charge is -2.39. The molecule has 3 N–H and O–H groups in total. The maximum Gasteiger partial charge on any atom is 0.573 e. The second kappa shape index (κ2) is 23.1. The second-order valence-corrected chi connectivity index (χ2v) is 21.0. The number of nitrogens with zero attached hydrogens (tertiary/aromatic N) is 12. The summed E-state index contributed by atoms with van der Waals surface area (Å²) >= 11 is 0. The minimum absolute atomic E-state index is 0.118. The lowest BCUT2D eigenvalue weighted by molar-refractivity contribution is -0.274. The minimum atomic E-state index is -4.98. The van der Waals surface area contributed by atoms with Crippen molar-refractivity contribution in [1.82, 2.24) is 39.5 Å². The molecule has 10 rings (SSSR count). The van der Waals surface area contributed by atoms with Crippen molar-refractivity contribution in [2.75, 3.05) is 132 Å². The maximum atomic E-state index is 14.0. The van der Waals surface area contributed by atoms with E-state index in [4.69, 9.17) is 29.4 Å². The number of piperazine rings is 2. The monoisotopic (exact) mass is 1080 g/mol. The molecule has 3 saturated heterocycles. The van der Waals surface area contributed by atoms with Crippen LogP contribution < -0.4 is 33.8 Å². The normalized spacial score (nSPS) is 19.2. The highest BCUT2D eigenvalue weighted by molar-refractivity contribution is 5.95. The maximum absolute atomic E-state index is 14.0. The molecule has 5 aliphatic heterocycles. The van der Waals surface area contributed by atoms with Crippen molar-refractivity contribution in [2.24, 2.45) is 0 Å². The number of amides is 1. The van der Waals surface area contributed by atoms with Gasteiger partial charge >= 0.3 is 18.4 Å². The zero-order valence-corrected chi connectivity index (χ0v) is 44.5. The molecular formula is C56H69F3N12O7. The standard InChI is InChI=1S/C56H69F3N12O7/c1-6-49(73)66-18-22-68(23-19-66)52-42-13-16-70(47-29-39(72)28-37-10-8-9-11-41(37)47)34-45(42)60-54(62-52)76-27-26-65-15-12-38(33-65)44-30-40(78-56(57,58)59)31-48(51(44)75)71-17-14-43-46(35-71)61-55(77-36(3)32-64(4)5)63-53(43)69-24-20-67(21-25-69)50(74)7-2/h6-11,28-31,36,38,49,72-73,75H,1-2,12-27,32-35H2,3-5H3/t36-,38?,49?/m1/s1. The number of phenolic OH excluding ortho intramolecular Hbond substituents is 2. The number of likely N-dealkylation sites (tertiary alicyclic amines) is 1. The highest BCUT2D eigenvalue weighted by Gasteiger charge is 2.37. The Kier molecular flexibility index (Phi) is 16.0. The molecule has 5 aromatic rings. The number of aliphatic hydroxyl groups is 1. The van der Waals surface area contributed by atoms with Crippen LogP contribution >= 0.6 is 0 Å². The van der Waals surface area contributed by atoms with E-state index in [0.29, 0.717) is 135 Å². The van der Waals surface area contributed by atoms with Crippen molar-refractivity contribution in [1.29, 1.82) is 0 Å². The molecule has 2 unspecified atom stereocenters. The van der Waals surface area contributed by atoms with Crippen molar-refractivity contribution in [2.45, 2.75) is 63.9 Å². The van der Waals surface area contributed by atoms with Crippen LogP contribution in [-0.2, 0) is 30.7 Å². The number of phenols is 2. The molecule has 3 atom stereocenters. The summed E-state index contributed by atoms with van der Waals surface area (Å²) < 4.78 is 59.3. The number of fused-ring (bicyclic) bond motifs is 3. The van der Waals surface area contributed by atoms with Crippen LogP contribution in [0, 0.1) is 0 Å². The van der Waals surface area contributed by atoms with Crippen LogP contribution in [0.4, 0.5) is 36.2 Å². The number of benzene rings is 3. The third-order valence-corrected chi connectivity index (χ3v) is 15.4. The molecule has 1 amide bonds. The van der Waals surface area contributed by atoms with Gasteiger partial charge in [0.25, 0.3) is 0 Å². The first kappa shape index (κ1) is 54.2. The first-order valence-corrected chi connectivity index (χ1v) is 26.8. The largest absolute Gasteiger partial charge is 0.573 e. The molecule has 0 aliphatic carbocycles. The Morgan fingerprint density at radius 2 is 1.45 bits per heavy atom. The summed E-state index contributed by atoms with van der Waals surface area (Å²) in [5.74, 6) is 0.647. The third-order valence-electron chi connectivity index (χ3n) is 15.4. The number of aromatic hydroxyl groups is 2. The van der Waals surface area contributed by atoms with E-state index in [0.717, 1.165) is 39.1 Å². The number of aliphatic hydroxyl groups excluding tert-OH is 1. The van der Waals surface area contributed by atoms with Crippen LogP contribution in [0.3, 0.4) is 0 Å². The van der Waals surface area contributed by atoms with Gasteiger partial charge in [0, 0.05) is 131 Å². The molecule has 0 bridgehead atoms. The van der Waals surface area contributed by atoms with Gasteiger partial charge in [-0.3, -0.25) is 14.6 Å². The van der Waals surface area contributed by atoms with Gasteiger partial charge in [-0.1, -0.05) is 37.4 Å². The van der Waals surface area contributed by atoms with Gasteiger partial charge in [0.2, 0.25) is 5.91 Å². The Bertz CT molecular complexity index is 3010. The second-order valence-electron chi connectivity index (χ2n) is 21.0. The molecule has 19 nitrogen and oxygen atoms in total. The molecule has 7 heterocycles. The van der Waals surface area contributed by atoms with Crippen molar-refractivity contribution in [3.63, 3.8) is 0 Å². The third kappa shape index (κ3) is 12.1. The number of likely N-dealkylation sites (N-methyl/N-ethyl adjacent to an activating group) is 1. The summed E-state index contributed by atoms with van der Waals surface area (Å²) in [4.78, 5) is 48.4. The lowest BCUT2D eigenvalue weighted by Crippen LogP contribution is -2.50. The van der Waals surface area contributed by atoms with E-state index in [2.05, 4.69) is 37.5 Å². The summed E-state index contributed by atoms with van der Waals surface area (Å²) in [5, 5.41) is 35.3. The first-order valence-electron chi connectivity index (χ1n) is 26.8. The summed E-state index contributed by atoms with van der Waals surface area (Å²) in [6, 6.07) is 14.5. The smallest absolute Gasteiger partial charge is 0.508 e. The van der Waals surface area contributed by atoms with E-state index in [1.54, 1.807) is 17.0 Å². The highest BCUT2D eigenvalue weighted by Crippen LogP contribution is 2.45. The number of ether oxygens (including phenoxy) is 3. The van der Waals surface area contributed by atoms with Gasteiger partial charge < -0.3 is 58.9 Å². The number of hydrogen-bond donors (Lipinski definition) is 3. The molecule has 0 radical (unpaired) electrons. The van der Waals surface area contributed by atoms with Crippen LogP contribution in [0.2, 0.25) is 0 Å². The highest BCUT2D eigenvalue weighted by atomic mass is 19.4. The molecule has 416 valence electrons. The number of halogens is 3. The molecule has 3 aromatic carbocycles. The van der Waals surface area contributed by atoms with Crippen LogP contribution in [0.5, 0.6) is 29.3 Å². The number of anilines is 4. The SMILES string of the molecule is C=CC(=O)N1CCN(c2nc(O[C@H](C)CN(C)C)nc3c2CCN(c2cc(OC(F)(F)F)cc(C4CCN(CCOc5nc6c(c(N7CCN(C(O)C=C)CC7)n5)CCN(c5cc(O)cc7ccccc57)C6)C4)c2O)C3)CC1. The molecule has 22 heteroatoms. The Balaban J connectivity index is 0.866. The van der Waals surface area contributed by atoms with Crippen molar-refractivity contribution < 1.29 is 47.5 Å². The van der Waals surface area contributed by atoms with Gasteiger partial charge in [0.15, 0.2) is 0 Å². The van der Waals surface area contributed by atoms with Gasteiger partial charge in [-0.25, -0.2) is 0 Å². The van der Waals surface area contributed by atoms with Gasteiger partial charge in [-0.2, -0.15) is 19.9 Å². The fourth-order valence-corrected chi connectivity index (χ4v) is 11.6. The van der Waals surface area contributed by atoms with E-state index >= 15 is 0 Å². The molecule has 0 spiro atoms. The first-order chi connectivity index (χ1) is 37.5. The fourth-order valence-electron chi connectivity index (χ4n) is 11.6. The van der Waals surface area contributed by atoms with E-state index in [1.165, 1.54) is 24.3 Å². The van der Waals surface area contributed by atoms with Crippen molar-refractivity contribution in [3.05, 3.63) is 102 Å². The molecule has 2 aromatic heterocycles. The zero-order valence-electron chi connectivity index (χ0n) is 44.5. The zero-order chi connectivity index (χ0) is 54.8. The minimum Gasteiger partial charge on any atom is -0.508 e. The Hall–Kier alpha value is -7.14. The van der Waals surface area contributed by atoms with Crippen LogP contribution in [-0.4, -0.2) is 192 Å². The number of carbonyl (C=O) groups excluding carboxylic acids is 1. The molecular weight excluding hydrogens is 1010 g/mol. The predicted octanol–water partition coefficient (Wildman–Crippen LogP) is 5.51. The number of aromatic nitrogens is 4. The van der Waals surface area contributed by atoms with Gasteiger partial charge in [0.1, 0.15) is 47.8 Å². The lowest BCUT2D eigenvalue weighted by atomic mass is 9.95. The molecule has 0 saturated carbocycles. The van der Waals surface area contributed by atoms with Crippen LogP contribution in [0.1, 0.15) is 47.3 Å². The molecule has 78 heavy (non-hydrogen) atoms. The summed E-state index contributed by atoms with van der Waals surface area (Å²) in [6.45, 7) is 17.7. The van der Waals surface area contributed by atoms with Crippen molar-refractivity contribution in [3.8, 4) is 29.3 Å². The quantitative estimate of drug-likeness (QED) is 0.0782. The van der Waals surface area contributed by atoms with Gasteiger partial charge in [0.05, 0.1) is 30.2 Å². The summed E-state index contributed by atoms with van der Waals surface area (Å²) in [5.41, 5.74) is 4.82. The average molecular weight is 1080 g/mol. The van der Waals surface area contributed by atoms with E-state index in [-0.39, 0.29) is 60.3 Å². The number of carbonyl (C=O) groups is 1. The average Bonchev–Trinajstić information content (AvgIpc) is 3.99. The number of rotatable bonds is 17. The number of hydrogen-bond acceptors (Lipinski definition) is 18. The Labute approximate surface area is 452 Å². The fraction of sp³-hybridized carbons (Fsp3) is 0.482. The topological polar surface area (TPSA) is 183 Å². The Morgan fingerprint density at radius 1 is 0.808 bits per heavy atom. The Morgan fingerprint density at radius 3 is 2.10 bits per heavy atom. The van der Waals surface area contributed by atoms with Gasteiger partial charge in [-0.05, 0) is 76.5 Å². The van der Waals surface area contributed by atoms with Crippen LogP contribution in [0.15, 0.2) is 73.8 Å². The summed E-state index contributed by atoms with van der Waals surface area (Å²) in [7, 11) is 3.88. The molecule has 3 fully saturated rings. The van der Waals surface area contributed by atoms with E-state index < -0.39 is 18.3 Å². The predicted molar refractivity (Wildman–Crippen MR) is 291 cm³/mol. The number of alkyl halides is 3. The van der Waals surface area contributed by atoms with Gasteiger partial charge in [-0.15, -0.1) is 13.2 Å².